The standard InChI is InChI=1S/C19H19ClFNO3/c20-17-10-14(4-5-18(17)23)11-19(24)22-6-7-25-16(12-22)9-13-2-1-3-15(21)8-13/h1-5,8,10,16,23H,6-7,9,11-12H2/t16-/m1/s1. The summed E-state index contributed by atoms with van der Waals surface area (Å²) in [6, 6.07) is 11.2. The number of nitrogens with zero attached hydrogens (tertiary/aromatic N) is 1. The molecule has 2 aromatic rings. The van der Waals surface area contributed by atoms with E-state index in [1.807, 2.05) is 6.07 Å². The number of amides is 1. The summed E-state index contributed by atoms with van der Waals surface area (Å²) in [5.41, 5.74) is 1.60. The molecule has 0 aliphatic carbocycles. The molecule has 25 heavy (non-hydrogen) atoms. The molecule has 1 N–H and O–H groups in total. The van der Waals surface area contributed by atoms with Crippen LogP contribution in [0, 0.1) is 5.82 Å². The van der Waals surface area contributed by atoms with Crippen molar-refractivity contribution in [1.82, 2.24) is 4.90 Å². The van der Waals surface area contributed by atoms with Gasteiger partial charge in [-0.25, -0.2) is 4.39 Å². The number of carbonyl (C=O) groups excluding carboxylic acids is 1. The minimum Gasteiger partial charge on any atom is -0.506 e. The smallest absolute Gasteiger partial charge is 0.227 e. The second-order valence-corrected chi connectivity index (χ2v) is 6.54. The third-order valence-corrected chi connectivity index (χ3v) is 4.51. The van der Waals surface area contributed by atoms with Crippen LogP contribution in [-0.4, -0.2) is 41.7 Å². The first-order valence-corrected chi connectivity index (χ1v) is 8.50. The van der Waals surface area contributed by atoms with Crippen molar-refractivity contribution in [2.45, 2.75) is 18.9 Å². The molecule has 1 amide bonds. The molecule has 0 unspecified atom stereocenters. The van der Waals surface area contributed by atoms with Crippen LogP contribution in [0.5, 0.6) is 5.75 Å². The molecule has 1 heterocycles. The van der Waals surface area contributed by atoms with Gasteiger partial charge in [-0.1, -0.05) is 29.8 Å². The Kier molecular flexibility index (Phi) is 5.56. The number of hydrogen-bond acceptors (Lipinski definition) is 3. The molecule has 0 aromatic heterocycles. The summed E-state index contributed by atoms with van der Waals surface area (Å²) in [5.74, 6) is -0.292. The van der Waals surface area contributed by atoms with Gasteiger partial charge in [-0.15, -0.1) is 0 Å². The average Bonchev–Trinajstić information content (AvgIpc) is 2.58. The highest BCUT2D eigenvalue weighted by Crippen LogP contribution is 2.24. The molecule has 1 aliphatic heterocycles. The van der Waals surface area contributed by atoms with Crippen LogP contribution in [0.15, 0.2) is 42.5 Å². The number of morpholine rings is 1. The monoisotopic (exact) mass is 363 g/mol. The van der Waals surface area contributed by atoms with Crippen molar-refractivity contribution in [2.24, 2.45) is 0 Å². The number of phenols is 1. The Hall–Kier alpha value is -2.11. The fourth-order valence-electron chi connectivity index (χ4n) is 2.94. The van der Waals surface area contributed by atoms with Crippen LogP contribution in [0.4, 0.5) is 4.39 Å². The van der Waals surface area contributed by atoms with Gasteiger partial charge in [0.15, 0.2) is 0 Å². The van der Waals surface area contributed by atoms with Gasteiger partial charge in [-0.2, -0.15) is 0 Å². The number of halogens is 2. The van der Waals surface area contributed by atoms with Crippen molar-refractivity contribution in [1.29, 1.82) is 0 Å². The molecule has 1 aliphatic rings. The van der Waals surface area contributed by atoms with Gasteiger partial charge in [0.05, 0.1) is 24.2 Å². The molecule has 1 fully saturated rings. The first-order chi connectivity index (χ1) is 12.0. The summed E-state index contributed by atoms with van der Waals surface area (Å²) in [6.07, 6.45) is 0.627. The fraction of sp³-hybridized carbons (Fsp3) is 0.316. The zero-order valence-electron chi connectivity index (χ0n) is 13.6. The highest BCUT2D eigenvalue weighted by atomic mass is 35.5. The average molecular weight is 364 g/mol. The Bertz CT molecular complexity index is 768. The van der Waals surface area contributed by atoms with E-state index in [0.717, 1.165) is 11.1 Å². The number of aromatic hydroxyl groups is 1. The normalized spacial score (nSPS) is 17.5. The van der Waals surface area contributed by atoms with Gasteiger partial charge in [-0.05, 0) is 35.4 Å². The SMILES string of the molecule is O=C(Cc1ccc(O)c(Cl)c1)N1CCO[C@H](Cc2cccc(F)c2)C1. The molecule has 0 radical (unpaired) electrons. The lowest BCUT2D eigenvalue weighted by molar-refractivity contribution is -0.138. The summed E-state index contributed by atoms with van der Waals surface area (Å²) in [6.45, 7) is 1.47. The van der Waals surface area contributed by atoms with Gasteiger partial charge < -0.3 is 14.7 Å². The van der Waals surface area contributed by atoms with Gasteiger partial charge in [-0.3, -0.25) is 4.79 Å². The number of hydrogen-bond donors (Lipinski definition) is 1. The number of rotatable bonds is 4. The van der Waals surface area contributed by atoms with Gasteiger partial charge in [0.1, 0.15) is 11.6 Å². The Labute approximate surface area is 150 Å². The fourth-order valence-corrected chi connectivity index (χ4v) is 3.15. The van der Waals surface area contributed by atoms with Crippen LogP contribution >= 0.6 is 11.6 Å². The Balaban J connectivity index is 1.60. The van der Waals surface area contributed by atoms with E-state index in [1.54, 1.807) is 23.1 Å². The number of carbonyl (C=O) groups is 1. The third kappa shape index (κ3) is 4.71. The van der Waals surface area contributed by atoms with E-state index in [1.165, 1.54) is 18.2 Å². The predicted molar refractivity (Wildman–Crippen MR) is 93.2 cm³/mol. The van der Waals surface area contributed by atoms with Crippen LogP contribution in [0.25, 0.3) is 0 Å². The highest BCUT2D eigenvalue weighted by molar-refractivity contribution is 6.32. The molecule has 1 atom stereocenters. The minimum atomic E-state index is -0.273. The molecule has 0 saturated carbocycles. The molecular weight excluding hydrogens is 345 g/mol. The van der Waals surface area contributed by atoms with Crippen LogP contribution < -0.4 is 0 Å². The zero-order valence-corrected chi connectivity index (χ0v) is 14.4. The van der Waals surface area contributed by atoms with Gasteiger partial charge in [0.25, 0.3) is 0 Å². The molecule has 0 bridgehead atoms. The van der Waals surface area contributed by atoms with E-state index in [4.69, 9.17) is 16.3 Å². The predicted octanol–water partition coefficient (Wildman–Crippen LogP) is 3.20. The number of ether oxygens (including phenoxy) is 1. The van der Waals surface area contributed by atoms with E-state index in [9.17, 15) is 14.3 Å². The Morgan fingerprint density at radius 2 is 2.12 bits per heavy atom. The lowest BCUT2D eigenvalue weighted by Crippen LogP contribution is -2.46. The molecule has 132 valence electrons. The van der Waals surface area contributed by atoms with Gasteiger partial charge in [0, 0.05) is 19.5 Å². The lowest BCUT2D eigenvalue weighted by atomic mass is 10.1. The number of benzene rings is 2. The van der Waals surface area contributed by atoms with E-state index >= 15 is 0 Å². The van der Waals surface area contributed by atoms with Crippen molar-refractivity contribution in [3.05, 3.63) is 64.4 Å². The summed E-state index contributed by atoms with van der Waals surface area (Å²) in [7, 11) is 0. The largest absolute Gasteiger partial charge is 0.506 e. The molecule has 6 heteroatoms. The van der Waals surface area contributed by atoms with Crippen LogP contribution in [0.2, 0.25) is 5.02 Å². The number of phenolic OH excluding ortho intramolecular Hbond substituents is 1. The zero-order chi connectivity index (χ0) is 17.8. The van der Waals surface area contributed by atoms with E-state index < -0.39 is 0 Å². The molecule has 0 spiro atoms. The highest BCUT2D eigenvalue weighted by Gasteiger charge is 2.24. The molecule has 1 saturated heterocycles. The Morgan fingerprint density at radius 1 is 1.28 bits per heavy atom. The second kappa shape index (κ2) is 7.85. The van der Waals surface area contributed by atoms with Crippen molar-refractivity contribution in [2.75, 3.05) is 19.7 Å². The summed E-state index contributed by atoms with van der Waals surface area (Å²) >= 11 is 5.88. The third-order valence-electron chi connectivity index (χ3n) is 4.21. The molecule has 2 aromatic carbocycles. The maximum Gasteiger partial charge on any atom is 0.227 e. The maximum atomic E-state index is 13.3. The second-order valence-electron chi connectivity index (χ2n) is 6.13. The van der Waals surface area contributed by atoms with Crippen LogP contribution in [-0.2, 0) is 22.4 Å². The minimum absolute atomic E-state index is 0.000560. The topological polar surface area (TPSA) is 49.8 Å². The summed E-state index contributed by atoms with van der Waals surface area (Å²) < 4.78 is 19.0. The molecule has 4 nitrogen and oxygen atoms in total. The van der Waals surface area contributed by atoms with E-state index in [2.05, 4.69) is 0 Å². The first kappa shape index (κ1) is 17.7. The van der Waals surface area contributed by atoms with E-state index in [-0.39, 0.29) is 35.0 Å². The maximum absolute atomic E-state index is 13.3. The summed E-state index contributed by atoms with van der Waals surface area (Å²) in [4.78, 5) is 14.3. The van der Waals surface area contributed by atoms with Crippen molar-refractivity contribution >= 4 is 17.5 Å². The van der Waals surface area contributed by atoms with Crippen molar-refractivity contribution < 1.29 is 19.0 Å². The Morgan fingerprint density at radius 3 is 2.88 bits per heavy atom. The van der Waals surface area contributed by atoms with Crippen molar-refractivity contribution in [3.8, 4) is 5.75 Å². The van der Waals surface area contributed by atoms with Gasteiger partial charge >= 0.3 is 0 Å². The molecular formula is C19H19ClFNO3. The van der Waals surface area contributed by atoms with Gasteiger partial charge in [0.2, 0.25) is 5.91 Å². The van der Waals surface area contributed by atoms with E-state index in [0.29, 0.717) is 26.1 Å². The first-order valence-electron chi connectivity index (χ1n) is 8.12. The quantitative estimate of drug-likeness (QED) is 0.907. The van der Waals surface area contributed by atoms with Crippen LogP contribution in [0.3, 0.4) is 0 Å². The molecule has 3 rings (SSSR count). The summed E-state index contributed by atoms with van der Waals surface area (Å²) in [5, 5.41) is 9.68. The van der Waals surface area contributed by atoms with Crippen LogP contribution in [0.1, 0.15) is 11.1 Å². The van der Waals surface area contributed by atoms with Crippen molar-refractivity contribution in [3.63, 3.8) is 0 Å². The lowest BCUT2D eigenvalue weighted by Gasteiger charge is -2.33.